The number of benzene rings is 1. The lowest BCUT2D eigenvalue weighted by atomic mass is 9.98. The molecule has 0 spiro atoms. The van der Waals surface area contributed by atoms with Gasteiger partial charge in [0.1, 0.15) is 0 Å². The van der Waals surface area contributed by atoms with Crippen LogP contribution in [0.15, 0.2) is 30.3 Å². The van der Waals surface area contributed by atoms with Crippen LogP contribution in [0, 0.1) is 0 Å². The number of hydrogen-bond acceptors (Lipinski definition) is 4. The number of nitrogens with one attached hydrogen (secondary N) is 1. The van der Waals surface area contributed by atoms with Crippen molar-refractivity contribution in [3.8, 4) is 0 Å². The van der Waals surface area contributed by atoms with Crippen LogP contribution in [0.3, 0.4) is 0 Å². The Kier molecular flexibility index (Phi) is 6.46. The van der Waals surface area contributed by atoms with E-state index in [1.54, 1.807) is 0 Å². The van der Waals surface area contributed by atoms with E-state index in [2.05, 4.69) is 47.5 Å². The van der Waals surface area contributed by atoms with Crippen molar-refractivity contribution in [1.29, 1.82) is 0 Å². The average Bonchev–Trinajstić information content (AvgIpc) is 3.10. The summed E-state index contributed by atoms with van der Waals surface area (Å²) >= 11 is 0. The van der Waals surface area contributed by atoms with Crippen molar-refractivity contribution < 1.29 is 9.47 Å². The third kappa shape index (κ3) is 4.77. The molecule has 3 rings (SSSR count). The molecule has 0 amide bonds. The summed E-state index contributed by atoms with van der Waals surface area (Å²) in [7, 11) is 0. The molecule has 2 heterocycles. The molecule has 2 fully saturated rings. The van der Waals surface area contributed by atoms with Crippen molar-refractivity contribution in [3.63, 3.8) is 0 Å². The standard InChI is InChI=1S/C19H30N2O2/c1-16(20-10-9-18-8-5-13-23-18)19(17-6-3-2-4-7-17)21-11-14-22-15-12-21/h2-4,6-7,16,18-20H,5,8-15H2,1H3/t16-,18-,19-/m0/s1. The first-order chi connectivity index (χ1) is 11.3. The second-order valence-electron chi connectivity index (χ2n) is 6.67. The molecule has 4 heteroatoms. The molecule has 0 aliphatic carbocycles. The Morgan fingerprint density at radius 2 is 1.96 bits per heavy atom. The number of ether oxygens (including phenoxy) is 2. The second kappa shape index (κ2) is 8.78. The fourth-order valence-corrected chi connectivity index (χ4v) is 3.78. The normalized spacial score (nSPS) is 25.3. The molecule has 0 unspecified atom stereocenters. The molecule has 0 saturated carbocycles. The van der Waals surface area contributed by atoms with Gasteiger partial charge in [-0.15, -0.1) is 0 Å². The van der Waals surface area contributed by atoms with Gasteiger partial charge in [-0.3, -0.25) is 4.90 Å². The van der Waals surface area contributed by atoms with Crippen LogP contribution in [0.25, 0.3) is 0 Å². The largest absolute Gasteiger partial charge is 0.379 e. The predicted molar refractivity (Wildman–Crippen MR) is 92.6 cm³/mol. The molecule has 2 saturated heterocycles. The third-order valence-corrected chi connectivity index (χ3v) is 5.01. The van der Waals surface area contributed by atoms with Crippen LogP contribution in [0.4, 0.5) is 0 Å². The number of morpholine rings is 1. The molecule has 4 nitrogen and oxygen atoms in total. The molecule has 23 heavy (non-hydrogen) atoms. The van der Waals surface area contributed by atoms with Gasteiger partial charge >= 0.3 is 0 Å². The predicted octanol–water partition coefficient (Wildman–Crippen LogP) is 2.61. The first-order valence-corrected chi connectivity index (χ1v) is 9.06. The van der Waals surface area contributed by atoms with Gasteiger partial charge in [-0.1, -0.05) is 30.3 Å². The highest BCUT2D eigenvalue weighted by Crippen LogP contribution is 2.25. The van der Waals surface area contributed by atoms with Crippen molar-refractivity contribution in [2.45, 2.75) is 44.4 Å². The quantitative estimate of drug-likeness (QED) is 0.838. The summed E-state index contributed by atoms with van der Waals surface area (Å²) in [6.07, 6.45) is 4.03. The minimum absolute atomic E-state index is 0.407. The van der Waals surface area contributed by atoms with Gasteiger partial charge in [-0.25, -0.2) is 0 Å². The molecule has 128 valence electrons. The summed E-state index contributed by atoms with van der Waals surface area (Å²) in [5, 5.41) is 3.74. The molecule has 0 bridgehead atoms. The molecule has 0 radical (unpaired) electrons. The highest BCUT2D eigenvalue weighted by atomic mass is 16.5. The van der Waals surface area contributed by atoms with Gasteiger partial charge in [-0.2, -0.15) is 0 Å². The lowest BCUT2D eigenvalue weighted by molar-refractivity contribution is 0.00832. The minimum Gasteiger partial charge on any atom is -0.379 e. The van der Waals surface area contributed by atoms with E-state index in [4.69, 9.17) is 9.47 Å². The van der Waals surface area contributed by atoms with Crippen LogP contribution < -0.4 is 5.32 Å². The number of nitrogens with zero attached hydrogens (tertiary/aromatic N) is 1. The van der Waals surface area contributed by atoms with Gasteiger partial charge in [0.25, 0.3) is 0 Å². The van der Waals surface area contributed by atoms with Crippen LogP contribution in [0.2, 0.25) is 0 Å². The maximum Gasteiger partial charge on any atom is 0.0594 e. The summed E-state index contributed by atoms with van der Waals surface area (Å²) < 4.78 is 11.3. The Hall–Kier alpha value is -0.940. The molecule has 1 aromatic carbocycles. The fourth-order valence-electron chi connectivity index (χ4n) is 3.78. The lowest BCUT2D eigenvalue weighted by Gasteiger charge is -2.38. The van der Waals surface area contributed by atoms with Crippen molar-refractivity contribution in [3.05, 3.63) is 35.9 Å². The van der Waals surface area contributed by atoms with Crippen molar-refractivity contribution in [2.75, 3.05) is 39.5 Å². The van der Waals surface area contributed by atoms with Crippen LogP contribution in [0.5, 0.6) is 0 Å². The molecular formula is C19H30N2O2. The monoisotopic (exact) mass is 318 g/mol. The SMILES string of the molecule is C[C@H](NCC[C@@H]1CCCO1)[C@@H](c1ccccc1)N1CCOCC1. The van der Waals surface area contributed by atoms with Gasteiger partial charge in [0, 0.05) is 25.7 Å². The highest BCUT2D eigenvalue weighted by Gasteiger charge is 2.27. The van der Waals surface area contributed by atoms with Crippen LogP contribution >= 0.6 is 0 Å². The highest BCUT2D eigenvalue weighted by molar-refractivity contribution is 5.21. The molecule has 2 aliphatic heterocycles. The topological polar surface area (TPSA) is 33.7 Å². The Balaban J connectivity index is 1.59. The Labute approximate surface area is 140 Å². The summed E-state index contributed by atoms with van der Waals surface area (Å²) in [5.74, 6) is 0. The van der Waals surface area contributed by atoms with Gasteiger partial charge in [0.2, 0.25) is 0 Å². The van der Waals surface area contributed by atoms with Gasteiger partial charge < -0.3 is 14.8 Å². The molecular weight excluding hydrogens is 288 g/mol. The summed E-state index contributed by atoms with van der Waals surface area (Å²) in [6, 6.07) is 11.7. The van der Waals surface area contributed by atoms with Crippen LogP contribution in [0.1, 0.15) is 37.8 Å². The van der Waals surface area contributed by atoms with Gasteiger partial charge in [0.05, 0.1) is 25.4 Å². The maximum atomic E-state index is 5.73. The van der Waals surface area contributed by atoms with Crippen molar-refractivity contribution in [1.82, 2.24) is 10.2 Å². The Bertz CT molecular complexity index is 442. The smallest absolute Gasteiger partial charge is 0.0594 e. The molecule has 1 N–H and O–H groups in total. The number of rotatable bonds is 7. The van der Waals surface area contributed by atoms with Crippen LogP contribution in [-0.2, 0) is 9.47 Å². The molecule has 1 aromatic rings. The zero-order valence-electron chi connectivity index (χ0n) is 14.2. The van der Waals surface area contributed by atoms with Crippen molar-refractivity contribution in [2.24, 2.45) is 0 Å². The fraction of sp³-hybridized carbons (Fsp3) is 0.684. The summed E-state index contributed by atoms with van der Waals surface area (Å²) in [5.41, 5.74) is 1.39. The first-order valence-electron chi connectivity index (χ1n) is 9.06. The maximum absolute atomic E-state index is 5.73. The van der Waals surface area contributed by atoms with E-state index in [1.165, 1.54) is 18.4 Å². The summed E-state index contributed by atoms with van der Waals surface area (Å²) in [4.78, 5) is 2.56. The van der Waals surface area contributed by atoms with Gasteiger partial charge in [0.15, 0.2) is 0 Å². The average molecular weight is 318 g/mol. The first kappa shape index (κ1) is 16.9. The van der Waals surface area contributed by atoms with Gasteiger partial charge in [-0.05, 0) is 38.3 Å². The minimum atomic E-state index is 0.407. The zero-order chi connectivity index (χ0) is 15.9. The Morgan fingerprint density at radius 1 is 1.17 bits per heavy atom. The van der Waals surface area contributed by atoms with E-state index in [-0.39, 0.29) is 0 Å². The Morgan fingerprint density at radius 3 is 2.65 bits per heavy atom. The van der Waals surface area contributed by atoms with E-state index in [1.807, 2.05) is 0 Å². The zero-order valence-corrected chi connectivity index (χ0v) is 14.2. The van der Waals surface area contributed by atoms with E-state index in [9.17, 15) is 0 Å². The van der Waals surface area contributed by atoms with Crippen molar-refractivity contribution >= 4 is 0 Å². The van der Waals surface area contributed by atoms with E-state index in [0.717, 1.165) is 45.9 Å². The summed E-state index contributed by atoms with van der Waals surface area (Å²) in [6.45, 7) is 7.98. The van der Waals surface area contributed by atoms with E-state index < -0.39 is 0 Å². The van der Waals surface area contributed by atoms with E-state index >= 15 is 0 Å². The molecule has 3 atom stereocenters. The number of hydrogen-bond donors (Lipinski definition) is 1. The van der Waals surface area contributed by atoms with E-state index in [0.29, 0.717) is 18.2 Å². The third-order valence-electron chi connectivity index (χ3n) is 5.01. The second-order valence-corrected chi connectivity index (χ2v) is 6.67. The molecule has 2 aliphatic rings. The van der Waals surface area contributed by atoms with Crippen LogP contribution in [-0.4, -0.2) is 56.5 Å². The molecule has 0 aromatic heterocycles. The lowest BCUT2D eigenvalue weighted by Crippen LogP contribution is -2.47.